The molecule has 1 fully saturated rings. The first-order valence-electron chi connectivity index (χ1n) is 6.81. The van der Waals surface area contributed by atoms with E-state index in [0.29, 0.717) is 19.6 Å². The van der Waals surface area contributed by atoms with Gasteiger partial charge in [0, 0.05) is 25.7 Å². The van der Waals surface area contributed by atoms with Gasteiger partial charge in [-0.05, 0) is 18.8 Å². The molecule has 7 heteroatoms. The van der Waals surface area contributed by atoms with Gasteiger partial charge >= 0.3 is 0 Å². The topological polar surface area (TPSA) is 78.9 Å². The Balaban J connectivity index is 2.77. The number of hydrogen-bond acceptors (Lipinski definition) is 4. The molecule has 2 atom stereocenters. The smallest absolute Gasteiger partial charge is 0.280 e. The second kappa shape index (κ2) is 7.54. The maximum absolute atomic E-state index is 12.4. The number of aliphatic hydroxyl groups is 1. The highest BCUT2D eigenvalue weighted by Crippen LogP contribution is 2.20. The largest absolute Gasteiger partial charge is 0.395 e. The van der Waals surface area contributed by atoms with Gasteiger partial charge in [0.15, 0.2) is 0 Å². The summed E-state index contributed by atoms with van der Waals surface area (Å²) in [6.45, 7) is 4.59. The van der Waals surface area contributed by atoms with Gasteiger partial charge in [0.1, 0.15) is 0 Å². The third-order valence-electron chi connectivity index (χ3n) is 3.54. The SMILES string of the molecule is COCC(NS(=O)(=O)N1CCCCC1CO)C(C)C. The van der Waals surface area contributed by atoms with Crippen molar-refractivity contribution >= 4 is 10.2 Å². The Morgan fingerprint density at radius 2 is 2.11 bits per heavy atom. The van der Waals surface area contributed by atoms with Crippen LogP contribution in [0.5, 0.6) is 0 Å². The molecular weight excluding hydrogens is 268 g/mol. The minimum atomic E-state index is -3.57. The molecule has 19 heavy (non-hydrogen) atoms. The average Bonchev–Trinajstić information content (AvgIpc) is 2.38. The standard InChI is InChI=1S/C12H26N2O4S/c1-10(2)12(9-18-3)13-19(16,17)14-7-5-4-6-11(14)8-15/h10-13,15H,4-9H2,1-3H3. The minimum absolute atomic E-state index is 0.127. The van der Waals surface area contributed by atoms with Gasteiger partial charge in [-0.1, -0.05) is 20.3 Å². The zero-order valence-corrected chi connectivity index (χ0v) is 12.8. The summed E-state index contributed by atoms with van der Waals surface area (Å²) < 4.78 is 33.9. The Bertz CT molecular complexity index is 359. The van der Waals surface area contributed by atoms with Crippen LogP contribution in [0.3, 0.4) is 0 Å². The molecule has 0 aromatic heterocycles. The predicted octanol–water partition coefficient (Wildman–Crippen LogP) is 0.339. The van der Waals surface area contributed by atoms with Gasteiger partial charge in [-0.25, -0.2) is 0 Å². The number of piperidine rings is 1. The molecule has 2 N–H and O–H groups in total. The van der Waals surface area contributed by atoms with Gasteiger partial charge in [-0.15, -0.1) is 0 Å². The maximum Gasteiger partial charge on any atom is 0.280 e. The van der Waals surface area contributed by atoms with E-state index in [4.69, 9.17) is 4.74 Å². The summed E-state index contributed by atoms with van der Waals surface area (Å²) in [5.74, 6) is 0.145. The molecule has 0 amide bonds. The lowest BCUT2D eigenvalue weighted by Gasteiger charge is -2.35. The molecular formula is C12H26N2O4S. The molecule has 1 rings (SSSR count). The van der Waals surface area contributed by atoms with Gasteiger partial charge < -0.3 is 9.84 Å². The van der Waals surface area contributed by atoms with Gasteiger partial charge in [0.05, 0.1) is 13.2 Å². The van der Waals surface area contributed by atoms with E-state index in [9.17, 15) is 13.5 Å². The number of nitrogens with zero attached hydrogens (tertiary/aromatic N) is 1. The minimum Gasteiger partial charge on any atom is -0.395 e. The zero-order valence-electron chi connectivity index (χ0n) is 12.0. The van der Waals surface area contributed by atoms with Crippen molar-refractivity contribution in [3.05, 3.63) is 0 Å². The van der Waals surface area contributed by atoms with Crippen LogP contribution in [0.1, 0.15) is 33.1 Å². The summed E-state index contributed by atoms with van der Waals surface area (Å²) in [6.07, 6.45) is 2.52. The second-order valence-corrected chi connectivity index (χ2v) is 7.03. The molecule has 1 heterocycles. The molecule has 0 aromatic rings. The zero-order chi connectivity index (χ0) is 14.5. The van der Waals surface area contributed by atoms with Crippen LogP contribution >= 0.6 is 0 Å². The molecule has 0 spiro atoms. The molecule has 0 bridgehead atoms. The summed E-state index contributed by atoms with van der Waals surface area (Å²) in [6, 6.07) is -0.558. The normalized spacial score (nSPS) is 23.7. The quantitative estimate of drug-likeness (QED) is 0.709. The van der Waals surface area contributed by atoms with Crippen LogP contribution in [0.2, 0.25) is 0 Å². The van der Waals surface area contributed by atoms with Crippen LogP contribution in [0, 0.1) is 5.92 Å². The molecule has 0 radical (unpaired) electrons. The molecule has 1 aliphatic rings. The van der Waals surface area contributed by atoms with Crippen LogP contribution in [-0.2, 0) is 14.9 Å². The van der Waals surface area contributed by atoms with Crippen molar-refractivity contribution < 1.29 is 18.3 Å². The van der Waals surface area contributed by atoms with Crippen molar-refractivity contribution in [2.75, 3.05) is 26.9 Å². The summed E-state index contributed by atoms with van der Waals surface area (Å²) >= 11 is 0. The van der Waals surface area contributed by atoms with Gasteiger partial charge in [0.25, 0.3) is 10.2 Å². The van der Waals surface area contributed by atoms with E-state index in [0.717, 1.165) is 12.8 Å². The van der Waals surface area contributed by atoms with Crippen molar-refractivity contribution in [1.82, 2.24) is 9.03 Å². The van der Waals surface area contributed by atoms with Crippen molar-refractivity contribution in [1.29, 1.82) is 0 Å². The number of methoxy groups -OCH3 is 1. The monoisotopic (exact) mass is 294 g/mol. The number of hydrogen-bond donors (Lipinski definition) is 2. The van der Waals surface area contributed by atoms with Gasteiger partial charge in [0.2, 0.25) is 0 Å². The van der Waals surface area contributed by atoms with Crippen LogP contribution in [0.25, 0.3) is 0 Å². The summed E-state index contributed by atoms with van der Waals surface area (Å²) in [7, 11) is -2.01. The fraction of sp³-hybridized carbons (Fsp3) is 1.00. The number of ether oxygens (including phenoxy) is 1. The lowest BCUT2D eigenvalue weighted by Crippen LogP contribution is -2.54. The number of nitrogens with one attached hydrogen (secondary N) is 1. The van der Waals surface area contributed by atoms with Crippen LogP contribution < -0.4 is 4.72 Å². The Hall–Kier alpha value is -0.210. The van der Waals surface area contributed by atoms with E-state index < -0.39 is 10.2 Å². The Labute approximate surface area is 116 Å². The second-order valence-electron chi connectivity index (χ2n) is 5.37. The molecule has 0 aromatic carbocycles. The van der Waals surface area contributed by atoms with Crippen LogP contribution in [0.15, 0.2) is 0 Å². The fourth-order valence-electron chi connectivity index (χ4n) is 2.27. The first-order chi connectivity index (χ1) is 8.92. The molecule has 1 aliphatic heterocycles. The van der Waals surface area contributed by atoms with E-state index in [2.05, 4.69) is 4.72 Å². The molecule has 114 valence electrons. The lowest BCUT2D eigenvalue weighted by molar-refractivity contribution is 0.143. The van der Waals surface area contributed by atoms with Gasteiger partial charge in [-0.3, -0.25) is 0 Å². The molecule has 0 aliphatic carbocycles. The van der Waals surface area contributed by atoms with Crippen molar-refractivity contribution in [3.8, 4) is 0 Å². The highest BCUT2D eigenvalue weighted by Gasteiger charge is 2.33. The Kier molecular flexibility index (Phi) is 6.68. The van der Waals surface area contributed by atoms with Gasteiger partial charge in [-0.2, -0.15) is 17.4 Å². The van der Waals surface area contributed by atoms with Crippen LogP contribution in [-0.4, -0.2) is 56.8 Å². The third kappa shape index (κ3) is 4.68. The highest BCUT2D eigenvalue weighted by molar-refractivity contribution is 7.87. The Morgan fingerprint density at radius 1 is 1.42 bits per heavy atom. The third-order valence-corrected chi connectivity index (χ3v) is 5.24. The summed E-state index contributed by atoms with van der Waals surface area (Å²) in [5.41, 5.74) is 0. The molecule has 6 nitrogen and oxygen atoms in total. The van der Waals surface area contributed by atoms with E-state index >= 15 is 0 Å². The molecule has 1 saturated heterocycles. The summed E-state index contributed by atoms with van der Waals surface area (Å²) in [4.78, 5) is 0. The maximum atomic E-state index is 12.4. The molecule has 0 saturated carbocycles. The highest BCUT2D eigenvalue weighted by atomic mass is 32.2. The number of rotatable bonds is 7. The summed E-state index contributed by atoms with van der Waals surface area (Å²) in [5, 5.41) is 9.31. The first kappa shape index (κ1) is 16.8. The fourth-order valence-corrected chi connectivity index (χ4v) is 4.07. The predicted molar refractivity (Wildman–Crippen MR) is 74.0 cm³/mol. The lowest BCUT2D eigenvalue weighted by atomic mass is 10.1. The van der Waals surface area contributed by atoms with Crippen LogP contribution in [0.4, 0.5) is 0 Å². The molecule has 2 unspecified atom stereocenters. The van der Waals surface area contributed by atoms with E-state index in [-0.39, 0.29) is 24.6 Å². The average molecular weight is 294 g/mol. The Morgan fingerprint density at radius 3 is 2.63 bits per heavy atom. The van der Waals surface area contributed by atoms with Crippen molar-refractivity contribution in [2.45, 2.75) is 45.2 Å². The number of aliphatic hydroxyl groups excluding tert-OH is 1. The first-order valence-corrected chi connectivity index (χ1v) is 8.25. The van der Waals surface area contributed by atoms with Crippen molar-refractivity contribution in [2.24, 2.45) is 5.92 Å². The van der Waals surface area contributed by atoms with E-state index in [1.807, 2.05) is 13.8 Å². The van der Waals surface area contributed by atoms with E-state index in [1.165, 1.54) is 4.31 Å². The van der Waals surface area contributed by atoms with E-state index in [1.54, 1.807) is 7.11 Å². The van der Waals surface area contributed by atoms with Crippen molar-refractivity contribution in [3.63, 3.8) is 0 Å².